The van der Waals surface area contributed by atoms with E-state index in [9.17, 15) is 4.79 Å². The molecule has 1 aromatic carbocycles. The SMILES string of the molecule is CC(CNC1C(=O)Nc2ccc(Cl)cc21)N1CCCCC1. The zero-order valence-electron chi connectivity index (χ0n) is 12.4. The Labute approximate surface area is 130 Å². The van der Waals surface area contributed by atoms with Crippen molar-refractivity contribution in [3.8, 4) is 0 Å². The number of carbonyl (C=O) groups excluding carboxylic acids is 1. The summed E-state index contributed by atoms with van der Waals surface area (Å²) in [6.45, 7) is 5.37. The smallest absolute Gasteiger partial charge is 0.246 e. The van der Waals surface area contributed by atoms with Crippen LogP contribution in [0.2, 0.25) is 5.02 Å². The van der Waals surface area contributed by atoms with Crippen LogP contribution in [-0.2, 0) is 4.79 Å². The van der Waals surface area contributed by atoms with Gasteiger partial charge in [-0.2, -0.15) is 0 Å². The van der Waals surface area contributed by atoms with E-state index >= 15 is 0 Å². The van der Waals surface area contributed by atoms with Crippen LogP contribution in [0.4, 0.5) is 5.69 Å². The Morgan fingerprint density at radius 3 is 2.90 bits per heavy atom. The molecular weight excluding hydrogens is 286 g/mol. The van der Waals surface area contributed by atoms with Crippen LogP contribution in [0.3, 0.4) is 0 Å². The molecule has 2 unspecified atom stereocenters. The third-order valence-corrected chi connectivity index (χ3v) is 4.71. The Hall–Kier alpha value is -1.10. The average molecular weight is 308 g/mol. The lowest BCUT2D eigenvalue weighted by molar-refractivity contribution is -0.117. The fourth-order valence-corrected chi connectivity index (χ4v) is 3.39. The first-order valence-corrected chi connectivity index (χ1v) is 8.10. The Morgan fingerprint density at radius 2 is 2.14 bits per heavy atom. The van der Waals surface area contributed by atoms with Crippen molar-refractivity contribution in [2.75, 3.05) is 25.0 Å². The molecule has 2 atom stereocenters. The topological polar surface area (TPSA) is 44.4 Å². The van der Waals surface area contributed by atoms with Crippen LogP contribution in [0.5, 0.6) is 0 Å². The lowest BCUT2D eigenvalue weighted by Crippen LogP contribution is -2.44. The van der Waals surface area contributed by atoms with Crippen molar-refractivity contribution in [3.63, 3.8) is 0 Å². The first-order chi connectivity index (χ1) is 10.1. The van der Waals surface area contributed by atoms with Crippen LogP contribution in [0.1, 0.15) is 37.8 Å². The monoisotopic (exact) mass is 307 g/mol. The number of anilines is 1. The van der Waals surface area contributed by atoms with Crippen LogP contribution in [-0.4, -0.2) is 36.5 Å². The second kappa shape index (κ2) is 6.34. The highest BCUT2D eigenvalue weighted by atomic mass is 35.5. The quantitative estimate of drug-likeness (QED) is 0.899. The van der Waals surface area contributed by atoms with Crippen LogP contribution in [0.15, 0.2) is 18.2 Å². The summed E-state index contributed by atoms with van der Waals surface area (Å²) in [6, 6.07) is 5.70. The largest absolute Gasteiger partial charge is 0.324 e. The number of piperidine rings is 1. The summed E-state index contributed by atoms with van der Waals surface area (Å²) in [5.74, 6) is 0.0121. The van der Waals surface area contributed by atoms with Gasteiger partial charge in [-0.3, -0.25) is 9.69 Å². The number of benzene rings is 1. The Balaban J connectivity index is 1.63. The van der Waals surface area contributed by atoms with E-state index in [0.29, 0.717) is 11.1 Å². The summed E-state index contributed by atoms with van der Waals surface area (Å²) in [5.41, 5.74) is 1.82. The fraction of sp³-hybridized carbons (Fsp3) is 0.562. The molecule has 1 saturated heterocycles. The molecule has 2 N–H and O–H groups in total. The van der Waals surface area contributed by atoms with E-state index in [1.54, 1.807) is 6.07 Å². The standard InChI is InChI=1S/C16H22ClN3O/c1-11(20-7-3-2-4-8-20)10-18-15-13-9-12(17)5-6-14(13)19-16(15)21/h5-6,9,11,15,18H,2-4,7-8,10H2,1H3,(H,19,21). The van der Waals surface area contributed by atoms with Crippen LogP contribution >= 0.6 is 11.6 Å². The summed E-state index contributed by atoms with van der Waals surface area (Å²) in [4.78, 5) is 14.6. The van der Waals surface area contributed by atoms with Gasteiger partial charge in [0.1, 0.15) is 6.04 Å². The molecule has 5 heteroatoms. The van der Waals surface area contributed by atoms with Gasteiger partial charge < -0.3 is 10.6 Å². The molecular formula is C16H22ClN3O. The number of likely N-dealkylation sites (tertiary alicyclic amines) is 1. The molecule has 21 heavy (non-hydrogen) atoms. The van der Waals surface area contributed by atoms with Gasteiger partial charge in [-0.1, -0.05) is 18.0 Å². The average Bonchev–Trinajstić information content (AvgIpc) is 2.80. The Kier molecular flexibility index (Phi) is 4.48. The molecule has 1 aromatic rings. The molecule has 3 rings (SSSR count). The van der Waals surface area contributed by atoms with E-state index in [-0.39, 0.29) is 11.9 Å². The summed E-state index contributed by atoms with van der Waals surface area (Å²) in [6.07, 6.45) is 3.91. The molecule has 2 aliphatic heterocycles. The maximum atomic E-state index is 12.1. The second-order valence-corrected chi connectivity index (χ2v) is 6.44. The van der Waals surface area contributed by atoms with Crippen molar-refractivity contribution in [1.29, 1.82) is 0 Å². The van der Waals surface area contributed by atoms with Crippen molar-refractivity contribution in [1.82, 2.24) is 10.2 Å². The minimum absolute atomic E-state index is 0.0121. The summed E-state index contributed by atoms with van der Waals surface area (Å²) >= 11 is 6.05. The lowest BCUT2D eigenvalue weighted by atomic mass is 10.1. The van der Waals surface area contributed by atoms with Crippen LogP contribution in [0.25, 0.3) is 0 Å². The van der Waals surface area contributed by atoms with Gasteiger partial charge in [-0.05, 0) is 51.1 Å². The van der Waals surface area contributed by atoms with Gasteiger partial charge in [-0.15, -0.1) is 0 Å². The van der Waals surface area contributed by atoms with Gasteiger partial charge in [0.2, 0.25) is 5.91 Å². The third-order valence-electron chi connectivity index (χ3n) is 4.48. The molecule has 4 nitrogen and oxygen atoms in total. The molecule has 1 amide bonds. The number of hydrogen-bond donors (Lipinski definition) is 2. The van der Waals surface area contributed by atoms with E-state index in [0.717, 1.165) is 17.8 Å². The predicted octanol–water partition coefficient (Wildman–Crippen LogP) is 2.80. The van der Waals surface area contributed by atoms with Crippen molar-refractivity contribution >= 4 is 23.2 Å². The molecule has 0 bridgehead atoms. The molecule has 0 aromatic heterocycles. The summed E-state index contributed by atoms with van der Waals surface area (Å²) in [5, 5.41) is 6.97. The number of nitrogens with one attached hydrogen (secondary N) is 2. The van der Waals surface area contributed by atoms with Gasteiger partial charge in [0, 0.05) is 28.9 Å². The first-order valence-electron chi connectivity index (χ1n) is 7.73. The number of halogens is 1. The highest BCUT2D eigenvalue weighted by Crippen LogP contribution is 2.32. The second-order valence-electron chi connectivity index (χ2n) is 6.01. The zero-order chi connectivity index (χ0) is 14.8. The number of fused-ring (bicyclic) bond motifs is 1. The van der Waals surface area contributed by atoms with Gasteiger partial charge in [0.15, 0.2) is 0 Å². The van der Waals surface area contributed by atoms with E-state index < -0.39 is 0 Å². The maximum Gasteiger partial charge on any atom is 0.246 e. The van der Waals surface area contributed by atoms with E-state index in [1.165, 1.54) is 32.4 Å². The van der Waals surface area contributed by atoms with Crippen molar-refractivity contribution < 1.29 is 4.79 Å². The van der Waals surface area contributed by atoms with Gasteiger partial charge in [0.05, 0.1) is 0 Å². The lowest BCUT2D eigenvalue weighted by Gasteiger charge is -2.33. The number of carbonyl (C=O) groups is 1. The van der Waals surface area contributed by atoms with E-state index in [4.69, 9.17) is 11.6 Å². The van der Waals surface area contributed by atoms with Gasteiger partial charge >= 0.3 is 0 Å². The third kappa shape index (κ3) is 3.23. The van der Waals surface area contributed by atoms with Crippen LogP contribution < -0.4 is 10.6 Å². The highest BCUT2D eigenvalue weighted by molar-refractivity contribution is 6.31. The zero-order valence-corrected chi connectivity index (χ0v) is 13.1. The van der Waals surface area contributed by atoms with Gasteiger partial charge in [0.25, 0.3) is 0 Å². The molecule has 0 aliphatic carbocycles. The Morgan fingerprint density at radius 1 is 1.38 bits per heavy atom. The van der Waals surface area contributed by atoms with Gasteiger partial charge in [-0.25, -0.2) is 0 Å². The molecule has 0 radical (unpaired) electrons. The minimum atomic E-state index is -0.286. The number of hydrogen-bond acceptors (Lipinski definition) is 3. The molecule has 2 heterocycles. The Bertz CT molecular complexity index is 528. The summed E-state index contributed by atoms with van der Waals surface area (Å²) in [7, 11) is 0. The number of amides is 1. The fourth-order valence-electron chi connectivity index (χ4n) is 3.21. The highest BCUT2D eigenvalue weighted by Gasteiger charge is 2.31. The normalized spacial score (nSPS) is 23.7. The summed E-state index contributed by atoms with van der Waals surface area (Å²) < 4.78 is 0. The van der Waals surface area contributed by atoms with Crippen molar-refractivity contribution in [2.24, 2.45) is 0 Å². The molecule has 0 saturated carbocycles. The molecule has 2 aliphatic rings. The van der Waals surface area contributed by atoms with Crippen LogP contribution in [0, 0.1) is 0 Å². The van der Waals surface area contributed by atoms with E-state index in [2.05, 4.69) is 22.5 Å². The van der Waals surface area contributed by atoms with E-state index in [1.807, 2.05) is 12.1 Å². The molecule has 1 fully saturated rings. The number of nitrogens with zero attached hydrogens (tertiary/aromatic N) is 1. The predicted molar refractivity (Wildman–Crippen MR) is 85.7 cm³/mol. The number of rotatable bonds is 4. The maximum absolute atomic E-state index is 12.1. The van der Waals surface area contributed by atoms with Crippen molar-refractivity contribution in [3.05, 3.63) is 28.8 Å². The first kappa shape index (κ1) is 14.8. The molecule has 0 spiro atoms. The molecule has 114 valence electrons. The van der Waals surface area contributed by atoms with Crippen molar-refractivity contribution in [2.45, 2.75) is 38.3 Å². The minimum Gasteiger partial charge on any atom is -0.324 e.